The summed E-state index contributed by atoms with van der Waals surface area (Å²) in [5, 5.41) is 18.2. The molecule has 0 aromatic carbocycles. The third-order valence-corrected chi connectivity index (χ3v) is 1.79. The van der Waals surface area contributed by atoms with E-state index in [0.29, 0.717) is 12.0 Å². The molecule has 0 amide bonds. The van der Waals surface area contributed by atoms with E-state index in [-0.39, 0.29) is 5.69 Å². The molecule has 0 spiro atoms. The summed E-state index contributed by atoms with van der Waals surface area (Å²) in [6.07, 6.45) is 1.13. The van der Waals surface area contributed by atoms with Crippen LogP contribution in [0.5, 0.6) is 0 Å². The molecule has 0 aliphatic carbocycles. The highest BCUT2D eigenvalue weighted by Crippen LogP contribution is 2.18. The van der Waals surface area contributed by atoms with Crippen LogP contribution in [0.1, 0.15) is 35.5 Å². The van der Waals surface area contributed by atoms with Crippen LogP contribution in [0.25, 0.3) is 0 Å². The topological polar surface area (TPSA) is 70.4 Å². The molecule has 4 heteroatoms. The van der Waals surface area contributed by atoms with Gasteiger partial charge < -0.3 is 10.2 Å². The molecular weight excluding hydrogens is 170 g/mol. The largest absolute Gasteiger partial charge is 0.477 e. The van der Waals surface area contributed by atoms with Gasteiger partial charge in [0.05, 0.1) is 6.10 Å². The van der Waals surface area contributed by atoms with Crippen LogP contribution in [0.4, 0.5) is 0 Å². The SMILES string of the molecule is CCC(O)c1cccnc1C(=O)O. The molecule has 1 atom stereocenters. The second kappa shape index (κ2) is 4.00. The molecule has 70 valence electrons. The van der Waals surface area contributed by atoms with Crippen molar-refractivity contribution in [2.24, 2.45) is 0 Å². The first-order chi connectivity index (χ1) is 6.16. The van der Waals surface area contributed by atoms with E-state index in [0.717, 1.165) is 0 Å². The van der Waals surface area contributed by atoms with Crippen LogP contribution in [0.15, 0.2) is 18.3 Å². The average Bonchev–Trinajstić information content (AvgIpc) is 2.16. The Bertz CT molecular complexity index is 311. The van der Waals surface area contributed by atoms with Gasteiger partial charge in [-0.3, -0.25) is 0 Å². The summed E-state index contributed by atoms with van der Waals surface area (Å²) in [5.41, 5.74) is 0.300. The van der Waals surface area contributed by atoms with E-state index in [1.54, 1.807) is 19.1 Å². The first kappa shape index (κ1) is 9.67. The van der Waals surface area contributed by atoms with Gasteiger partial charge in [0, 0.05) is 11.8 Å². The Labute approximate surface area is 75.9 Å². The highest BCUT2D eigenvalue weighted by Gasteiger charge is 2.15. The number of carboxylic acids is 1. The Morgan fingerprint density at radius 2 is 2.38 bits per heavy atom. The molecule has 0 saturated heterocycles. The van der Waals surface area contributed by atoms with E-state index < -0.39 is 12.1 Å². The number of hydrogen-bond acceptors (Lipinski definition) is 3. The molecule has 0 fully saturated rings. The van der Waals surface area contributed by atoms with E-state index in [1.807, 2.05) is 0 Å². The maximum Gasteiger partial charge on any atom is 0.354 e. The van der Waals surface area contributed by atoms with Crippen LogP contribution in [0, 0.1) is 0 Å². The Morgan fingerprint density at radius 1 is 1.69 bits per heavy atom. The van der Waals surface area contributed by atoms with E-state index in [1.165, 1.54) is 6.20 Å². The van der Waals surface area contributed by atoms with Crippen LogP contribution in [-0.4, -0.2) is 21.2 Å². The fraction of sp³-hybridized carbons (Fsp3) is 0.333. The molecule has 13 heavy (non-hydrogen) atoms. The van der Waals surface area contributed by atoms with Crippen molar-refractivity contribution in [2.45, 2.75) is 19.4 Å². The van der Waals surface area contributed by atoms with Gasteiger partial charge in [0.25, 0.3) is 0 Å². The summed E-state index contributed by atoms with van der Waals surface area (Å²) in [7, 11) is 0. The van der Waals surface area contributed by atoms with Crippen molar-refractivity contribution in [2.75, 3.05) is 0 Å². The van der Waals surface area contributed by atoms with Gasteiger partial charge in [-0.25, -0.2) is 9.78 Å². The summed E-state index contributed by atoms with van der Waals surface area (Å²) in [4.78, 5) is 14.4. The third kappa shape index (κ3) is 2.03. The van der Waals surface area contributed by atoms with Crippen molar-refractivity contribution < 1.29 is 15.0 Å². The van der Waals surface area contributed by atoms with Gasteiger partial charge in [-0.15, -0.1) is 0 Å². The number of aliphatic hydroxyl groups is 1. The second-order valence-electron chi connectivity index (χ2n) is 2.67. The number of aliphatic hydroxyl groups excluding tert-OH is 1. The molecule has 0 aliphatic heterocycles. The normalized spacial score (nSPS) is 12.5. The van der Waals surface area contributed by atoms with Gasteiger partial charge in [-0.1, -0.05) is 13.0 Å². The zero-order valence-electron chi connectivity index (χ0n) is 7.27. The first-order valence-electron chi connectivity index (χ1n) is 4.03. The van der Waals surface area contributed by atoms with Crippen LogP contribution in [-0.2, 0) is 0 Å². The summed E-state index contributed by atoms with van der Waals surface area (Å²) in [6, 6.07) is 3.19. The van der Waals surface area contributed by atoms with Gasteiger partial charge in [0.15, 0.2) is 5.69 Å². The van der Waals surface area contributed by atoms with E-state index in [4.69, 9.17) is 5.11 Å². The molecule has 1 aromatic heterocycles. The van der Waals surface area contributed by atoms with E-state index in [9.17, 15) is 9.90 Å². The number of aromatic nitrogens is 1. The highest BCUT2D eigenvalue weighted by atomic mass is 16.4. The second-order valence-corrected chi connectivity index (χ2v) is 2.67. The maximum atomic E-state index is 10.7. The Balaban J connectivity index is 3.11. The van der Waals surface area contributed by atoms with Gasteiger partial charge in [-0.05, 0) is 12.5 Å². The van der Waals surface area contributed by atoms with Gasteiger partial charge >= 0.3 is 5.97 Å². The van der Waals surface area contributed by atoms with Gasteiger partial charge in [-0.2, -0.15) is 0 Å². The number of hydrogen-bond donors (Lipinski definition) is 2. The molecule has 0 aliphatic rings. The van der Waals surface area contributed by atoms with Crippen LogP contribution in [0.3, 0.4) is 0 Å². The van der Waals surface area contributed by atoms with Crippen molar-refractivity contribution in [3.63, 3.8) is 0 Å². The Kier molecular flexibility index (Phi) is 2.97. The average molecular weight is 181 g/mol. The lowest BCUT2D eigenvalue weighted by Crippen LogP contribution is -2.08. The minimum Gasteiger partial charge on any atom is -0.477 e. The molecule has 1 aromatic rings. The molecular formula is C9H11NO3. The smallest absolute Gasteiger partial charge is 0.354 e. The molecule has 1 heterocycles. The maximum absolute atomic E-state index is 10.7. The van der Waals surface area contributed by atoms with Crippen molar-refractivity contribution in [3.05, 3.63) is 29.6 Å². The van der Waals surface area contributed by atoms with Crippen molar-refractivity contribution in [3.8, 4) is 0 Å². The molecule has 1 rings (SSSR count). The fourth-order valence-electron chi connectivity index (χ4n) is 1.09. The number of nitrogens with zero attached hydrogens (tertiary/aromatic N) is 1. The van der Waals surface area contributed by atoms with Crippen molar-refractivity contribution >= 4 is 5.97 Å². The van der Waals surface area contributed by atoms with Gasteiger partial charge in [0.2, 0.25) is 0 Å². The zero-order valence-corrected chi connectivity index (χ0v) is 7.27. The number of carbonyl (C=O) groups is 1. The zero-order chi connectivity index (χ0) is 9.84. The third-order valence-electron chi connectivity index (χ3n) is 1.79. The predicted octanol–water partition coefficient (Wildman–Crippen LogP) is 1.22. The molecule has 0 bridgehead atoms. The Morgan fingerprint density at radius 3 is 2.92 bits per heavy atom. The molecule has 0 radical (unpaired) electrons. The van der Waals surface area contributed by atoms with Crippen molar-refractivity contribution in [1.29, 1.82) is 0 Å². The molecule has 4 nitrogen and oxygen atoms in total. The summed E-state index contributed by atoms with van der Waals surface area (Å²) >= 11 is 0. The van der Waals surface area contributed by atoms with Gasteiger partial charge in [0.1, 0.15) is 0 Å². The molecule has 1 unspecified atom stereocenters. The number of aromatic carboxylic acids is 1. The lowest BCUT2D eigenvalue weighted by molar-refractivity contribution is 0.0681. The minimum absolute atomic E-state index is 0.0724. The first-order valence-corrected chi connectivity index (χ1v) is 4.03. The lowest BCUT2D eigenvalue weighted by Gasteiger charge is -2.09. The quantitative estimate of drug-likeness (QED) is 0.735. The van der Waals surface area contributed by atoms with Crippen molar-refractivity contribution in [1.82, 2.24) is 4.98 Å². The fourth-order valence-corrected chi connectivity index (χ4v) is 1.09. The standard InChI is InChI=1S/C9H11NO3/c1-2-7(11)6-4-3-5-10-8(6)9(12)13/h3-5,7,11H,2H2,1H3,(H,12,13). The highest BCUT2D eigenvalue weighted by molar-refractivity contribution is 5.87. The number of carboxylic acid groups (broad SMARTS) is 1. The summed E-state index contributed by atoms with van der Waals surface area (Å²) in [5.74, 6) is -1.11. The predicted molar refractivity (Wildman–Crippen MR) is 46.4 cm³/mol. The monoisotopic (exact) mass is 181 g/mol. The molecule has 2 N–H and O–H groups in total. The molecule has 0 saturated carbocycles. The minimum atomic E-state index is -1.11. The summed E-state index contributed by atoms with van der Waals surface area (Å²) in [6.45, 7) is 1.78. The summed E-state index contributed by atoms with van der Waals surface area (Å²) < 4.78 is 0. The lowest BCUT2D eigenvalue weighted by atomic mass is 10.1. The Hall–Kier alpha value is -1.42. The van der Waals surface area contributed by atoms with Crippen LogP contribution >= 0.6 is 0 Å². The van der Waals surface area contributed by atoms with E-state index in [2.05, 4.69) is 4.98 Å². The van der Waals surface area contributed by atoms with Crippen LogP contribution in [0.2, 0.25) is 0 Å². The van der Waals surface area contributed by atoms with Crippen LogP contribution < -0.4 is 0 Å². The van der Waals surface area contributed by atoms with E-state index >= 15 is 0 Å². The number of pyridine rings is 1. The number of rotatable bonds is 3.